The van der Waals surface area contributed by atoms with Crippen molar-refractivity contribution in [3.05, 3.63) is 89.5 Å². The Hall–Kier alpha value is -4.26. The monoisotopic (exact) mass is 398 g/mol. The molecular weight excluding hydrogens is 380 g/mol. The number of rotatable bonds is 4. The van der Waals surface area contributed by atoms with Gasteiger partial charge in [-0.1, -0.05) is 35.9 Å². The summed E-state index contributed by atoms with van der Waals surface area (Å²) >= 11 is 0. The minimum Gasteiger partial charge on any atom is -0.493 e. The van der Waals surface area contributed by atoms with Crippen molar-refractivity contribution in [2.24, 2.45) is 10.2 Å². The Morgan fingerprint density at radius 2 is 1.70 bits per heavy atom. The molecule has 148 valence electrons. The summed E-state index contributed by atoms with van der Waals surface area (Å²) in [6.45, 7) is 1.92. The van der Waals surface area contributed by atoms with Gasteiger partial charge < -0.3 is 15.4 Å². The predicted molar refractivity (Wildman–Crippen MR) is 114 cm³/mol. The lowest BCUT2D eigenvalue weighted by Crippen LogP contribution is -2.12. The summed E-state index contributed by atoms with van der Waals surface area (Å²) in [6, 6.07) is 20.8. The number of para-hydroxylation sites is 1. The number of nitrogens with zero attached hydrogens (tertiary/aromatic N) is 2. The van der Waals surface area contributed by atoms with Crippen LogP contribution in [0, 0.1) is 6.92 Å². The minimum absolute atomic E-state index is 0.151. The van der Waals surface area contributed by atoms with Gasteiger partial charge in [-0.05, 0) is 49.4 Å². The molecule has 0 fully saturated rings. The van der Waals surface area contributed by atoms with E-state index in [1.165, 1.54) is 0 Å². The predicted octanol–water partition coefficient (Wildman–Crippen LogP) is 5.36. The molecular formula is C23H18N4O3. The van der Waals surface area contributed by atoms with Gasteiger partial charge >= 0.3 is 0 Å². The maximum atomic E-state index is 12.3. The van der Waals surface area contributed by atoms with Gasteiger partial charge in [0, 0.05) is 22.2 Å². The highest BCUT2D eigenvalue weighted by Gasteiger charge is 2.12. The number of aromatic nitrogens is 1. The van der Waals surface area contributed by atoms with Crippen molar-refractivity contribution < 1.29 is 14.7 Å². The number of H-pyrrole nitrogens is 1. The Morgan fingerprint density at radius 3 is 2.47 bits per heavy atom. The topological polar surface area (TPSA) is 107 Å². The van der Waals surface area contributed by atoms with Gasteiger partial charge in [0.05, 0.1) is 5.52 Å². The fourth-order valence-corrected chi connectivity index (χ4v) is 3.05. The molecule has 4 aromatic rings. The van der Waals surface area contributed by atoms with Gasteiger partial charge in [0.1, 0.15) is 0 Å². The molecule has 0 bridgehead atoms. The molecule has 30 heavy (non-hydrogen) atoms. The number of fused-ring (bicyclic) bond motifs is 1. The molecule has 0 aliphatic heterocycles. The second-order valence-electron chi connectivity index (χ2n) is 6.77. The van der Waals surface area contributed by atoms with Crippen LogP contribution in [-0.4, -0.2) is 21.9 Å². The number of azo groups is 1. The summed E-state index contributed by atoms with van der Waals surface area (Å²) in [5, 5.41) is 21.1. The number of carbonyl (C=O) groups is 2. The molecule has 3 N–H and O–H groups in total. The molecule has 3 aromatic carbocycles. The van der Waals surface area contributed by atoms with Crippen LogP contribution < -0.4 is 5.32 Å². The van der Waals surface area contributed by atoms with Crippen molar-refractivity contribution in [2.45, 2.75) is 6.92 Å². The van der Waals surface area contributed by atoms with Crippen LogP contribution in [-0.2, 0) is 0 Å². The van der Waals surface area contributed by atoms with E-state index in [0.717, 1.165) is 5.56 Å². The standard InChI is InChI=1S/C23H18N4O3/c1-14-5-4-6-16(13-14)21(28)24-17-11-9-15(10-12-17)22(29)27-26-20-18-7-2-3-8-19(18)25-23(20)30/h2-13,25,30H,1H3,(H,24,28). The van der Waals surface area contributed by atoms with Crippen LogP contribution in [0.25, 0.3) is 10.9 Å². The molecule has 1 heterocycles. The average molecular weight is 398 g/mol. The molecule has 0 aliphatic carbocycles. The van der Waals surface area contributed by atoms with Crippen LogP contribution in [0.2, 0.25) is 0 Å². The summed E-state index contributed by atoms with van der Waals surface area (Å²) in [7, 11) is 0. The largest absolute Gasteiger partial charge is 0.493 e. The van der Waals surface area contributed by atoms with Crippen molar-refractivity contribution in [1.29, 1.82) is 0 Å². The van der Waals surface area contributed by atoms with Gasteiger partial charge in [0.25, 0.3) is 11.8 Å². The van der Waals surface area contributed by atoms with E-state index in [1.807, 2.05) is 25.1 Å². The lowest BCUT2D eigenvalue weighted by molar-refractivity contribution is 0.0993. The lowest BCUT2D eigenvalue weighted by Gasteiger charge is -2.06. The van der Waals surface area contributed by atoms with E-state index in [2.05, 4.69) is 20.5 Å². The van der Waals surface area contributed by atoms with Gasteiger partial charge in [-0.2, -0.15) is 0 Å². The Balaban J connectivity index is 1.47. The third-order valence-corrected chi connectivity index (χ3v) is 4.57. The minimum atomic E-state index is -0.559. The maximum Gasteiger partial charge on any atom is 0.295 e. The lowest BCUT2D eigenvalue weighted by atomic mass is 10.1. The van der Waals surface area contributed by atoms with Gasteiger partial charge in [-0.25, -0.2) is 0 Å². The van der Waals surface area contributed by atoms with Crippen LogP contribution in [0.15, 0.2) is 83.0 Å². The molecule has 0 atom stereocenters. The van der Waals surface area contributed by atoms with Gasteiger partial charge in [-0.15, -0.1) is 10.2 Å². The number of aromatic hydroxyl groups is 1. The molecule has 4 rings (SSSR count). The zero-order valence-corrected chi connectivity index (χ0v) is 16.1. The molecule has 7 heteroatoms. The van der Waals surface area contributed by atoms with Crippen molar-refractivity contribution in [3.63, 3.8) is 0 Å². The number of amides is 2. The number of nitrogens with one attached hydrogen (secondary N) is 2. The highest BCUT2D eigenvalue weighted by atomic mass is 16.3. The Labute approximate surface area is 172 Å². The highest BCUT2D eigenvalue weighted by molar-refractivity contribution is 6.04. The summed E-state index contributed by atoms with van der Waals surface area (Å²) in [6.07, 6.45) is 0. The van der Waals surface area contributed by atoms with Crippen molar-refractivity contribution in [3.8, 4) is 5.88 Å². The molecule has 7 nitrogen and oxygen atoms in total. The molecule has 0 unspecified atom stereocenters. The number of hydrogen-bond acceptors (Lipinski definition) is 4. The zero-order valence-electron chi connectivity index (χ0n) is 16.1. The molecule has 0 radical (unpaired) electrons. The normalized spacial score (nSPS) is 11.1. The highest BCUT2D eigenvalue weighted by Crippen LogP contribution is 2.35. The number of carbonyl (C=O) groups excluding carboxylic acids is 2. The third-order valence-electron chi connectivity index (χ3n) is 4.57. The summed E-state index contributed by atoms with van der Waals surface area (Å²) < 4.78 is 0. The Morgan fingerprint density at radius 1 is 0.933 bits per heavy atom. The van der Waals surface area contributed by atoms with Gasteiger partial charge in [0.15, 0.2) is 5.69 Å². The Kier molecular flexibility index (Phi) is 5.09. The molecule has 0 saturated carbocycles. The fourth-order valence-electron chi connectivity index (χ4n) is 3.05. The number of benzene rings is 3. The first kappa shape index (κ1) is 19.1. The number of hydrogen-bond donors (Lipinski definition) is 3. The average Bonchev–Trinajstić information content (AvgIpc) is 3.07. The summed E-state index contributed by atoms with van der Waals surface area (Å²) in [5.41, 5.74) is 3.33. The molecule has 0 spiro atoms. The van der Waals surface area contributed by atoms with Crippen LogP contribution in [0.1, 0.15) is 26.3 Å². The van der Waals surface area contributed by atoms with E-state index in [1.54, 1.807) is 54.6 Å². The van der Waals surface area contributed by atoms with Crippen LogP contribution >= 0.6 is 0 Å². The second kappa shape index (κ2) is 8.00. The van der Waals surface area contributed by atoms with Gasteiger partial charge in [-0.3, -0.25) is 9.59 Å². The SMILES string of the molecule is Cc1cccc(C(=O)Nc2ccc(C(=O)N=Nc3c(O)[nH]c4ccccc34)cc2)c1. The molecule has 0 saturated heterocycles. The van der Waals surface area contributed by atoms with Crippen LogP contribution in [0.4, 0.5) is 11.4 Å². The maximum absolute atomic E-state index is 12.3. The van der Waals surface area contributed by atoms with Crippen LogP contribution in [0.3, 0.4) is 0 Å². The molecule has 2 amide bonds. The van der Waals surface area contributed by atoms with E-state index in [9.17, 15) is 14.7 Å². The number of aromatic amines is 1. The Bertz CT molecular complexity index is 1270. The quantitative estimate of drug-likeness (QED) is 0.403. The second-order valence-corrected chi connectivity index (χ2v) is 6.77. The first-order valence-corrected chi connectivity index (χ1v) is 9.25. The zero-order chi connectivity index (χ0) is 21.1. The van der Waals surface area contributed by atoms with E-state index in [0.29, 0.717) is 27.7 Å². The first-order chi connectivity index (χ1) is 14.5. The third kappa shape index (κ3) is 3.95. The first-order valence-electron chi connectivity index (χ1n) is 9.25. The number of anilines is 1. The van der Waals surface area contributed by atoms with Gasteiger partial charge in [0.2, 0.25) is 5.88 Å². The van der Waals surface area contributed by atoms with E-state index < -0.39 is 5.91 Å². The number of aryl methyl sites for hydroxylation is 1. The van der Waals surface area contributed by atoms with Crippen molar-refractivity contribution in [2.75, 3.05) is 5.32 Å². The van der Waals surface area contributed by atoms with E-state index in [4.69, 9.17) is 0 Å². The fraction of sp³-hybridized carbons (Fsp3) is 0.0435. The summed E-state index contributed by atoms with van der Waals surface area (Å²) in [4.78, 5) is 27.4. The van der Waals surface area contributed by atoms with E-state index >= 15 is 0 Å². The molecule has 1 aromatic heterocycles. The van der Waals surface area contributed by atoms with Crippen molar-refractivity contribution in [1.82, 2.24) is 4.98 Å². The van der Waals surface area contributed by atoms with Crippen molar-refractivity contribution >= 4 is 34.1 Å². The van der Waals surface area contributed by atoms with E-state index in [-0.39, 0.29) is 17.5 Å². The molecule has 0 aliphatic rings. The van der Waals surface area contributed by atoms with Crippen LogP contribution in [0.5, 0.6) is 5.88 Å². The summed E-state index contributed by atoms with van der Waals surface area (Å²) in [5.74, 6) is -0.939. The smallest absolute Gasteiger partial charge is 0.295 e.